The molecule has 0 bridgehead atoms. The number of carbonyl (C=O) groups is 2. The van der Waals surface area contributed by atoms with Gasteiger partial charge in [0.25, 0.3) is 0 Å². The summed E-state index contributed by atoms with van der Waals surface area (Å²) in [6.45, 7) is 9.61. The molecule has 0 unspecified atom stereocenters. The molecule has 2 fully saturated rings. The van der Waals surface area contributed by atoms with Gasteiger partial charge in [0, 0.05) is 24.6 Å². The number of fused-ring (bicyclic) bond motifs is 1. The summed E-state index contributed by atoms with van der Waals surface area (Å²) in [5.74, 6) is -1.06. The second-order valence-electron chi connectivity index (χ2n) is 9.40. The van der Waals surface area contributed by atoms with Gasteiger partial charge in [-0.25, -0.2) is 9.18 Å². The zero-order chi connectivity index (χ0) is 22.4. The van der Waals surface area contributed by atoms with E-state index in [0.717, 1.165) is 0 Å². The summed E-state index contributed by atoms with van der Waals surface area (Å²) < 4.78 is 19.8. The lowest BCUT2D eigenvalue weighted by atomic mass is 9.91. The highest BCUT2D eigenvalue weighted by Crippen LogP contribution is 2.52. The molecule has 7 nitrogen and oxygen atoms in total. The molecule has 2 amide bonds. The zero-order valence-electron chi connectivity index (χ0n) is 17.7. The maximum atomic E-state index is 14.4. The molecule has 2 N–H and O–H groups in total. The van der Waals surface area contributed by atoms with Crippen LogP contribution in [-0.4, -0.2) is 52.0 Å². The third kappa shape index (κ3) is 4.38. The lowest BCUT2D eigenvalue weighted by Gasteiger charge is -2.29. The van der Waals surface area contributed by atoms with E-state index in [9.17, 15) is 19.2 Å². The highest BCUT2D eigenvalue weighted by Gasteiger charge is 2.61. The van der Waals surface area contributed by atoms with E-state index in [1.165, 1.54) is 12.1 Å². The Kier molecular flexibility index (Phi) is 5.75. The number of hydrogen-bond donors (Lipinski definition) is 2. The van der Waals surface area contributed by atoms with E-state index in [0.29, 0.717) is 13.1 Å². The molecule has 1 saturated carbocycles. The molecule has 1 aromatic carbocycles. The number of hydrogen-bond acceptors (Lipinski definition) is 5. The van der Waals surface area contributed by atoms with Crippen LogP contribution in [0.25, 0.3) is 0 Å². The summed E-state index contributed by atoms with van der Waals surface area (Å²) in [6.07, 6.45) is -0.375. The van der Waals surface area contributed by atoms with Crippen LogP contribution in [0.1, 0.15) is 40.2 Å². The van der Waals surface area contributed by atoms with Crippen LogP contribution in [-0.2, 0) is 9.53 Å². The Bertz CT molecular complexity index is 885. The van der Waals surface area contributed by atoms with Gasteiger partial charge in [-0.1, -0.05) is 22.8 Å². The van der Waals surface area contributed by atoms with Gasteiger partial charge in [0.05, 0.1) is 10.6 Å². The van der Waals surface area contributed by atoms with Gasteiger partial charge in [0.1, 0.15) is 11.3 Å². The molecule has 164 valence electrons. The highest BCUT2D eigenvalue weighted by atomic mass is 35.5. The van der Waals surface area contributed by atoms with Crippen molar-refractivity contribution in [1.82, 2.24) is 10.2 Å². The van der Waals surface area contributed by atoms with Gasteiger partial charge in [0.2, 0.25) is 5.91 Å². The van der Waals surface area contributed by atoms with Crippen molar-refractivity contribution in [3.05, 3.63) is 34.6 Å². The van der Waals surface area contributed by atoms with Crippen molar-refractivity contribution < 1.29 is 23.9 Å². The largest absolute Gasteiger partial charge is 0.444 e. The molecule has 3 rings (SSSR count). The van der Waals surface area contributed by atoms with Gasteiger partial charge in [0.15, 0.2) is 5.82 Å². The van der Waals surface area contributed by atoms with Gasteiger partial charge in [-0.05, 0) is 58.6 Å². The minimum atomic E-state index is -1.14. The van der Waals surface area contributed by atoms with Crippen molar-refractivity contribution in [2.45, 2.75) is 45.8 Å². The number of oxime groups is 1. The Hall–Kier alpha value is -2.35. The van der Waals surface area contributed by atoms with Gasteiger partial charge >= 0.3 is 6.09 Å². The normalized spacial score (nSPS) is 23.8. The summed E-state index contributed by atoms with van der Waals surface area (Å²) in [5, 5.41) is 15.5. The van der Waals surface area contributed by atoms with Crippen molar-refractivity contribution in [2.24, 2.45) is 22.9 Å². The molecule has 1 aliphatic carbocycles. The summed E-state index contributed by atoms with van der Waals surface area (Å²) in [7, 11) is 0. The van der Waals surface area contributed by atoms with Crippen molar-refractivity contribution in [1.29, 1.82) is 0 Å². The molecular formula is C21H27ClFN3O4. The first kappa shape index (κ1) is 22.3. The lowest BCUT2D eigenvalue weighted by molar-refractivity contribution is -0.124. The second-order valence-corrected chi connectivity index (χ2v) is 9.81. The van der Waals surface area contributed by atoms with Crippen LogP contribution in [0.2, 0.25) is 5.02 Å². The Balaban J connectivity index is 1.63. The number of rotatable bonds is 4. The monoisotopic (exact) mass is 439 g/mol. The van der Waals surface area contributed by atoms with E-state index < -0.39 is 17.0 Å². The molecule has 3 atom stereocenters. The Labute approximate surface area is 180 Å². The van der Waals surface area contributed by atoms with E-state index in [1.54, 1.807) is 24.8 Å². The Morgan fingerprint density at radius 2 is 1.83 bits per heavy atom. The molecule has 1 aromatic rings. The van der Waals surface area contributed by atoms with Crippen LogP contribution in [0.3, 0.4) is 0 Å². The standard InChI is InChI=1S/C21H27ClFN3O4/c1-20(2,3)30-19(28)26-9-12-13(10-26)15(12)18(27)24-21(4,5)17(25-29)11-7-6-8-14(22)16(11)23/h6-8,12-13,15,29H,9-10H2,1-5H3,(H,24,27)/b25-17-/t12-,13+,15+. The summed E-state index contributed by atoms with van der Waals surface area (Å²) in [5.41, 5.74) is -1.72. The van der Waals surface area contributed by atoms with Crippen LogP contribution in [0.4, 0.5) is 9.18 Å². The average molecular weight is 440 g/mol. The second kappa shape index (κ2) is 7.72. The fourth-order valence-corrected chi connectivity index (χ4v) is 4.22. The highest BCUT2D eigenvalue weighted by molar-refractivity contribution is 6.31. The fraction of sp³-hybridized carbons (Fsp3) is 0.571. The first-order valence-corrected chi connectivity index (χ1v) is 10.2. The van der Waals surface area contributed by atoms with Gasteiger partial charge < -0.3 is 20.2 Å². The summed E-state index contributed by atoms with van der Waals surface area (Å²) >= 11 is 5.83. The third-order valence-electron chi connectivity index (χ3n) is 5.48. The Morgan fingerprint density at radius 1 is 1.23 bits per heavy atom. The number of nitrogens with zero attached hydrogens (tertiary/aromatic N) is 2. The van der Waals surface area contributed by atoms with Crippen molar-refractivity contribution in [2.75, 3.05) is 13.1 Å². The average Bonchev–Trinajstić information content (AvgIpc) is 3.11. The number of carbonyl (C=O) groups excluding carboxylic acids is 2. The van der Waals surface area contributed by atoms with Crippen LogP contribution < -0.4 is 5.32 Å². The van der Waals surface area contributed by atoms with E-state index in [1.807, 2.05) is 20.8 Å². The van der Waals surface area contributed by atoms with Crippen molar-refractivity contribution in [3.63, 3.8) is 0 Å². The minimum absolute atomic E-state index is 0.0161. The van der Waals surface area contributed by atoms with Crippen LogP contribution in [0.15, 0.2) is 23.4 Å². The number of benzene rings is 1. The fourth-order valence-electron chi connectivity index (χ4n) is 4.04. The maximum absolute atomic E-state index is 14.4. The molecule has 30 heavy (non-hydrogen) atoms. The van der Waals surface area contributed by atoms with Crippen LogP contribution in [0, 0.1) is 23.6 Å². The topological polar surface area (TPSA) is 91.2 Å². The number of ether oxygens (including phenoxy) is 1. The Morgan fingerprint density at radius 3 is 2.37 bits per heavy atom. The molecule has 1 saturated heterocycles. The summed E-state index contributed by atoms with van der Waals surface area (Å²) in [6, 6.07) is 4.37. The quantitative estimate of drug-likeness (QED) is 0.425. The van der Waals surface area contributed by atoms with Gasteiger partial charge in [-0.2, -0.15) is 0 Å². The van der Waals surface area contributed by atoms with E-state index >= 15 is 0 Å². The van der Waals surface area contributed by atoms with E-state index in [4.69, 9.17) is 16.3 Å². The maximum Gasteiger partial charge on any atom is 0.410 e. The molecule has 0 radical (unpaired) electrons. The zero-order valence-corrected chi connectivity index (χ0v) is 18.5. The number of amides is 2. The van der Waals surface area contributed by atoms with Crippen LogP contribution in [0.5, 0.6) is 0 Å². The predicted octanol–water partition coefficient (Wildman–Crippen LogP) is 3.67. The summed E-state index contributed by atoms with van der Waals surface area (Å²) in [4.78, 5) is 26.7. The third-order valence-corrected chi connectivity index (χ3v) is 5.77. The SMILES string of the molecule is CC(C)(C)OC(=O)N1C[C@@H]2[C@H](C1)[C@H]2C(=O)NC(C)(C)/C(=N\O)c1cccc(Cl)c1F. The molecule has 1 aliphatic heterocycles. The number of halogens is 2. The first-order valence-electron chi connectivity index (χ1n) is 9.82. The number of likely N-dealkylation sites (tertiary alicyclic amines) is 1. The molecular weight excluding hydrogens is 413 g/mol. The molecule has 0 aromatic heterocycles. The lowest BCUT2D eigenvalue weighted by Crippen LogP contribution is -2.51. The minimum Gasteiger partial charge on any atom is -0.444 e. The molecule has 0 spiro atoms. The van der Waals surface area contributed by atoms with Crippen LogP contribution >= 0.6 is 11.6 Å². The van der Waals surface area contributed by atoms with E-state index in [2.05, 4.69) is 10.5 Å². The number of nitrogens with one attached hydrogen (secondary N) is 1. The molecule has 9 heteroatoms. The predicted molar refractivity (Wildman–Crippen MR) is 110 cm³/mol. The molecule has 1 heterocycles. The van der Waals surface area contributed by atoms with E-state index in [-0.39, 0.29) is 46.1 Å². The van der Waals surface area contributed by atoms with Gasteiger partial charge in [-0.3, -0.25) is 4.79 Å². The first-order chi connectivity index (χ1) is 13.9. The van der Waals surface area contributed by atoms with Crippen molar-refractivity contribution in [3.8, 4) is 0 Å². The van der Waals surface area contributed by atoms with Gasteiger partial charge in [-0.15, -0.1) is 0 Å². The smallest absolute Gasteiger partial charge is 0.410 e. The number of piperidine rings is 1. The molecule has 2 aliphatic rings. The van der Waals surface area contributed by atoms with Crippen molar-refractivity contribution >= 4 is 29.3 Å².